The van der Waals surface area contributed by atoms with E-state index in [1.807, 2.05) is 12.1 Å². The number of rotatable bonds is 5. The zero-order chi connectivity index (χ0) is 10.4. The molecule has 78 valence electrons. The number of unbranched alkanes of at least 4 members (excludes halogenated alkanes) is 2. The molecule has 2 heteroatoms. The molecule has 0 atom stereocenters. The quantitative estimate of drug-likeness (QED) is 0.555. The minimum absolute atomic E-state index is 0.827. The van der Waals surface area contributed by atoms with E-state index in [1.165, 1.54) is 30.5 Å². The Balaban J connectivity index is 2.45. The first-order valence-electron chi connectivity index (χ1n) is 5.34. The third-order valence-corrected chi connectivity index (χ3v) is 2.36. The van der Waals surface area contributed by atoms with E-state index >= 15 is 0 Å². The van der Waals surface area contributed by atoms with Gasteiger partial charge in [0.05, 0.1) is 0 Å². The summed E-state index contributed by atoms with van der Waals surface area (Å²) in [6.07, 6.45) is 3.77. The van der Waals surface area contributed by atoms with Crippen LogP contribution in [0.1, 0.15) is 31.7 Å². The maximum atomic E-state index is 5.72. The summed E-state index contributed by atoms with van der Waals surface area (Å²) in [5.74, 6) is 0. The van der Waals surface area contributed by atoms with Crippen LogP contribution < -0.4 is 11.1 Å². The van der Waals surface area contributed by atoms with E-state index in [4.69, 9.17) is 5.73 Å². The van der Waals surface area contributed by atoms with Crippen molar-refractivity contribution in [3.63, 3.8) is 0 Å². The molecule has 3 N–H and O–H groups in total. The first-order chi connectivity index (χ1) is 6.74. The molecule has 1 rings (SSSR count). The highest BCUT2D eigenvalue weighted by Crippen LogP contribution is 2.17. The van der Waals surface area contributed by atoms with Gasteiger partial charge >= 0.3 is 0 Å². The third kappa shape index (κ3) is 3.29. The highest BCUT2D eigenvalue weighted by Gasteiger charge is 1.97. The van der Waals surface area contributed by atoms with Gasteiger partial charge in [-0.2, -0.15) is 0 Å². The summed E-state index contributed by atoms with van der Waals surface area (Å²) in [4.78, 5) is 0. The fourth-order valence-corrected chi connectivity index (χ4v) is 1.43. The smallest absolute Gasteiger partial charge is 0.0390 e. The molecule has 0 bridgehead atoms. The molecule has 0 fully saturated rings. The summed E-state index contributed by atoms with van der Waals surface area (Å²) in [5.41, 5.74) is 8.97. The van der Waals surface area contributed by atoms with Crippen molar-refractivity contribution in [2.75, 3.05) is 17.6 Å². The summed E-state index contributed by atoms with van der Waals surface area (Å²) in [7, 11) is 0. The maximum absolute atomic E-state index is 5.72. The van der Waals surface area contributed by atoms with Gasteiger partial charge in [-0.3, -0.25) is 0 Å². The van der Waals surface area contributed by atoms with E-state index in [0.29, 0.717) is 0 Å². The fourth-order valence-electron chi connectivity index (χ4n) is 1.43. The van der Waals surface area contributed by atoms with Gasteiger partial charge < -0.3 is 11.1 Å². The van der Waals surface area contributed by atoms with Crippen molar-refractivity contribution < 1.29 is 0 Å². The second-order valence-corrected chi connectivity index (χ2v) is 3.71. The molecule has 1 aromatic rings. The molecule has 0 aromatic heterocycles. The van der Waals surface area contributed by atoms with Gasteiger partial charge in [-0.25, -0.2) is 0 Å². The monoisotopic (exact) mass is 192 g/mol. The lowest BCUT2D eigenvalue weighted by Crippen LogP contribution is -2.03. The Morgan fingerprint density at radius 3 is 2.79 bits per heavy atom. The normalized spacial score (nSPS) is 10.1. The van der Waals surface area contributed by atoms with E-state index in [-0.39, 0.29) is 0 Å². The molecular weight excluding hydrogens is 172 g/mol. The topological polar surface area (TPSA) is 38.0 Å². The Hall–Kier alpha value is -1.18. The molecule has 0 heterocycles. The van der Waals surface area contributed by atoms with Gasteiger partial charge in [0.1, 0.15) is 0 Å². The van der Waals surface area contributed by atoms with Crippen LogP contribution in [0.15, 0.2) is 18.2 Å². The van der Waals surface area contributed by atoms with E-state index in [2.05, 4.69) is 25.2 Å². The Kier molecular flexibility index (Phi) is 4.30. The number of aryl methyl sites for hydroxylation is 1. The van der Waals surface area contributed by atoms with E-state index in [9.17, 15) is 0 Å². The molecule has 2 nitrogen and oxygen atoms in total. The van der Waals surface area contributed by atoms with Gasteiger partial charge in [0.25, 0.3) is 0 Å². The summed E-state index contributed by atoms with van der Waals surface area (Å²) in [6.45, 7) is 5.35. The van der Waals surface area contributed by atoms with Crippen LogP contribution in [-0.4, -0.2) is 6.54 Å². The van der Waals surface area contributed by atoms with Crippen LogP contribution in [0.2, 0.25) is 0 Å². The van der Waals surface area contributed by atoms with Gasteiger partial charge in [-0.15, -0.1) is 0 Å². The maximum Gasteiger partial charge on any atom is 0.0390 e. The lowest BCUT2D eigenvalue weighted by molar-refractivity contribution is 0.743. The van der Waals surface area contributed by atoms with Crippen LogP contribution >= 0.6 is 0 Å². The summed E-state index contributed by atoms with van der Waals surface area (Å²) >= 11 is 0. The van der Waals surface area contributed by atoms with Gasteiger partial charge in [-0.1, -0.05) is 25.8 Å². The summed E-state index contributed by atoms with van der Waals surface area (Å²) < 4.78 is 0. The van der Waals surface area contributed by atoms with E-state index < -0.39 is 0 Å². The average molecular weight is 192 g/mol. The Labute approximate surface area is 86.5 Å². The molecule has 0 radical (unpaired) electrons. The average Bonchev–Trinajstić information content (AvgIpc) is 2.18. The molecule has 14 heavy (non-hydrogen) atoms. The summed E-state index contributed by atoms with van der Waals surface area (Å²) in [5, 5.41) is 3.41. The lowest BCUT2D eigenvalue weighted by atomic mass is 10.1. The molecule has 0 spiro atoms. The minimum atomic E-state index is 0.827. The summed E-state index contributed by atoms with van der Waals surface area (Å²) in [6, 6.07) is 5.99. The number of nitrogen functional groups attached to an aromatic ring is 1. The Bertz CT molecular complexity index is 282. The number of benzene rings is 1. The zero-order valence-electron chi connectivity index (χ0n) is 9.14. The Morgan fingerprint density at radius 1 is 1.29 bits per heavy atom. The highest BCUT2D eigenvalue weighted by atomic mass is 14.9. The molecule has 0 saturated carbocycles. The SMILES string of the molecule is CCCCCNc1cc(N)ccc1C. The van der Waals surface area contributed by atoms with Crippen molar-refractivity contribution in [1.29, 1.82) is 0 Å². The number of hydrogen-bond acceptors (Lipinski definition) is 2. The highest BCUT2D eigenvalue weighted by molar-refractivity contribution is 5.59. The predicted octanol–water partition coefficient (Wildman–Crippen LogP) is 3.18. The standard InChI is InChI=1S/C12H20N2/c1-3-4-5-8-14-12-9-11(13)7-6-10(12)2/h6-7,9,14H,3-5,8,13H2,1-2H3. The molecule has 0 unspecified atom stereocenters. The van der Waals surface area contributed by atoms with Crippen molar-refractivity contribution in [3.05, 3.63) is 23.8 Å². The van der Waals surface area contributed by atoms with Gasteiger partial charge in [0.2, 0.25) is 0 Å². The minimum Gasteiger partial charge on any atom is -0.399 e. The fraction of sp³-hybridized carbons (Fsp3) is 0.500. The number of nitrogens with two attached hydrogens (primary N) is 1. The van der Waals surface area contributed by atoms with Gasteiger partial charge in [0, 0.05) is 17.9 Å². The van der Waals surface area contributed by atoms with Crippen molar-refractivity contribution in [2.24, 2.45) is 0 Å². The number of anilines is 2. The van der Waals surface area contributed by atoms with Crippen LogP contribution in [0.5, 0.6) is 0 Å². The molecule has 0 saturated heterocycles. The van der Waals surface area contributed by atoms with Gasteiger partial charge in [-0.05, 0) is 31.0 Å². The third-order valence-electron chi connectivity index (χ3n) is 2.36. The van der Waals surface area contributed by atoms with Crippen LogP contribution in [-0.2, 0) is 0 Å². The van der Waals surface area contributed by atoms with E-state index in [1.54, 1.807) is 0 Å². The van der Waals surface area contributed by atoms with E-state index in [0.717, 1.165) is 12.2 Å². The van der Waals surface area contributed by atoms with Crippen molar-refractivity contribution >= 4 is 11.4 Å². The lowest BCUT2D eigenvalue weighted by Gasteiger charge is -2.09. The first kappa shape index (κ1) is 10.9. The molecule has 1 aromatic carbocycles. The van der Waals surface area contributed by atoms with Gasteiger partial charge in [0.15, 0.2) is 0 Å². The zero-order valence-corrected chi connectivity index (χ0v) is 9.14. The molecule has 0 aliphatic rings. The Morgan fingerprint density at radius 2 is 2.07 bits per heavy atom. The first-order valence-corrected chi connectivity index (χ1v) is 5.34. The van der Waals surface area contributed by atoms with Crippen molar-refractivity contribution in [3.8, 4) is 0 Å². The second-order valence-electron chi connectivity index (χ2n) is 3.71. The van der Waals surface area contributed by atoms with Crippen LogP contribution in [0.25, 0.3) is 0 Å². The molecular formula is C12H20N2. The molecule has 0 aliphatic carbocycles. The van der Waals surface area contributed by atoms with Crippen molar-refractivity contribution in [1.82, 2.24) is 0 Å². The number of nitrogens with one attached hydrogen (secondary N) is 1. The number of hydrogen-bond donors (Lipinski definition) is 2. The van der Waals surface area contributed by atoms with Crippen LogP contribution in [0, 0.1) is 6.92 Å². The van der Waals surface area contributed by atoms with Crippen molar-refractivity contribution in [2.45, 2.75) is 33.1 Å². The molecule has 0 amide bonds. The predicted molar refractivity (Wildman–Crippen MR) is 63.6 cm³/mol. The van der Waals surface area contributed by atoms with Crippen LogP contribution in [0.3, 0.4) is 0 Å². The second kappa shape index (κ2) is 5.53. The largest absolute Gasteiger partial charge is 0.399 e. The molecule has 0 aliphatic heterocycles. The van der Waals surface area contributed by atoms with Crippen LogP contribution in [0.4, 0.5) is 11.4 Å².